The maximum absolute atomic E-state index is 4.50. The Morgan fingerprint density at radius 2 is 2.14 bits per heavy atom. The third-order valence-corrected chi connectivity index (χ3v) is 2.71. The summed E-state index contributed by atoms with van der Waals surface area (Å²) in [6.45, 7) is 6.63. The van der Waals surface area contributed by atoms with Crippen molar-refractivity contribution >= 4 is 11.9 Å². The van der Waals surface area contributed by atoms with Crippen LogP contribution in [0.4, 0.5) is 0 Å². The van der Waals surface area contributed by atoms with Gasteiger partial charge in [-0.2, -0.15) is 5.43 Å². The SMILES string of the molecule is C[N+]1=CC2C=CN=C(C(C)(C)C)C2N1. The minimum absolute atomic E-state index is 0.139. The fraction of sp³-hybridized carbons (Fsp3) is 0.636. The van der Waals surface area contributed by atoms with Crippen molar-refractivity contribution in [1.82, 2.24) is 5.43 Å². The zero-order chi connectivity index (χ0) is 10.3. The molecule has 2 aliphatic heterocycles. The third kappa shape index (κ3) is 1.47. The van der Waals surface area contributed by atoms with E-state index >= 15 is 0 Å². The Bertz CT molecular complexity index is 331. The van der Waals surface area contributed by atoms with Gasteiger partial charge in [0.15, 0.2) is 13.3 Å². The molecule has 3 nitrogen and oxygen atoms in total. The van der Waals surface area contributed by atoms with Crippen LogP contribution in [0.5, 0.6) is 0 Å². The Morgan fingerprint density at radius 3 is 2.79 bits per heavy atom. The molecule has 0 bridgehead atoms. The van der Waals surface area contributed by atoms with E-state index in [1.807, 2.05) is 17.9 Å². The molecular formula is C11H18N3+. The number of hydrogen-bond acceptors (Lipinski definition) is 2. The molecule has 0 saturated carbocycles. The zero-order valence-electron chi connectivity index (χ0n) is 9.28. The van der Waals surface area contributed by atoms with E-state index < -0.39 is 0 Å². The van der Waals surface area contributed by atoms with Crippen molar-refractivity contribution in [1.29, 1.82) is 0 Å². The second-order valence-electron chi connectivity index (χ2n) is 5.05. The fourth-order valence-electron chi connectivity index (χ4n) is 2.06. The molecular weight excluding hydrogens is 174 g/mol. The third-order valence-electron chi connectivity index (χ3n) is 2.71. The fourth-order valence-corrected chi connectivity index (χ4v) is 2.06. The summed E-state index contributed by atoms with van der Waals surface area (Å²) in [4.78, 5) is 4.50. The molecule has 2 aliphatic rings. The van der Waals surface area contributed by atoms with Crippen molar-refractivity contribution in [3.8, 4) is 0 Å². The van der Waals surface area contributed by atoms with Crippen LogP contribution in [-0.4, -0.2) is 29.7 Å². The topological polar surface area (TPSA) is 27.4 Å². The summed E-state index contributed by atoms with van der Waals surface area (Å²) in [5.74, 6) is 0.465. The maximum Gasteiger partial charge on any atom is 0.179 e. The van der Waals surface area contributed by atoms with Gasteiger partial charge in [0.2, 0.25) is 0 Å². The lowest BCUT2D eigenvalue weighted by Gasteiger charge is -2.28. The summed E-state index contributed by atoms with van der Waals surface area (Å²) in [5, 5.41) is 0. The zero-order valence-corrected chi connectivity index (χ0v) is 9.28. The average Bonchev–Trinajstić information content (AvgIpc) is 2.41. The lowest BCUT2D eigenvalue weighted by atomic mass is 9.80. The number of nitrogens with zero attached hydrogens (tertiary/aromatic N) is 2. The first-order valence-corrected chi connectivity index (χ1v) is 5.07. The number of hydrazone groups is 1. The number of fused-ring (bicyclic) bond motifs is 1. The number of hydrazine groups is 1. The minimum Gasteiger partial charge on any atom is -0.263 e. The van der Waals surface area contributed by atoms with Gasteiger partial charge in [-0.25, -0.2) is 0 Å². The highest BCUT2D eigenvalue weighted by atomic mass is 15.5. The molecule has 0 amide bonds. The molecule has 0 spiro atoms. The van der Waals surface area contributed by atoms with Gasteiger partial charge in [0.1, 0.15) is 6.04 Å². The van der Waals surface area contributed by atoms with E-state index in [9.17, 15) is 0 Å². The first-order chi connectivity index (χ1) is 6.48. The molecule has 14 heavy (non-hydrogen) atoms. The van der Waals surface area contributed by atoms with Crippen LogP contribution >= 0.6 is 0 Å². The van der Waals surface area contributed by atoms with Gasteiger partial charge in [-0.1, -0.05) is 26.8 Å². The highest BCUT2D eigenvalue weighted by Crippen LogP contribution is 2.26. The van der Waals surface area contributed by atoms with Gasteiger partial charge in [-0.3, -0.25) is 4.99 Å². The molecule has 76 valence electrons. The Hall–Kier alpha value is -1.12. The number of hydrogen-bond donors (Lipinski definition) is 1. The number of nitrogens with one attached hydrogen (secondary N) is 1. The maximum atomic E-state index is 4.50. The molecule has 0 radical (unpaired) electrons. The second kappa shape index (κ2) is 2.94. The van der Waals surface area contributed by atoms with Crippen molar-refractivity contribution in [2.75, 3.05) is 7.05 Å². The molecule has 2 heterocycles. The summed E-state index contributed by atoms with van der Waals surface area (Å²) in [6.07, 6.45) is 6.27. The van der Waals surface area contributed by atoms with Gasteiger partial charge in [0.25, 0.3) is 0 Å². The molecule has 3 heteroatoms. The van der Waals surface area contributed by atoms with Crippen molar-refractivity contribution in [2.45, 2.75) is 26.8 Å². The first kappa shape index (κ1) is 9.44. The molecule has 0 aromatic carbocycles. The smallest absolute Gasteiger partial charge is 0.179 e. The molecule has 2 atom stereocenters. The van der Waals surface area contributed by atoms with Crippen LogP contribution in [-0.2, 0) is 0 Å². The van der Waals surface area contributed by atoms with Crippen molar-refractivity contribution in [3.05, 3.63) is 12.3 Å². The monoisotopic (exact) mass is 192 g/mol. The summed E-state index contributed by atoms with van der Waals surface area (Å²) in [6, 6.07) is 0.352. The molecule has 0 aromatic heterocycles. The standard InChI is InChI=1S/C11H18N3/c1-11(2,3)10-9-8(5-6-12-10)7-14(4)13-9/h5-9,13H,1-4H3/q+1. The normalized spacial score (nSPS) is 30.6. The van der Waals surface area contributed by atoms with Crippen LogP contribution in [0, 0.1) is 11.3 Å². The lowest BCUT2D eigenvalue weighted by molar-refractivity contribution is -0.549. The Morgan fingerprint density at radius 1 is 1.43 bits per heavy atom. The van der Waals surface area contributed by atoms with Gasteiger partial charge in [-0.05, 0) is 0 Å². The van der Waals surface area contributed by atoms with E-state index in [2.05, 4.69) is 43.5 Å². The summed E-state index contributed by atoms with van der Waals surface area (Å²) >= 11 is 0. The van der Waals surface area contributed by atoms with E-state index in [4.69, 9.17) is 0 Å². The summed E-state index contributed by atoms with van der Waals surface area (Å²) < 4.78 is 2.03. The average molecular weight is 192 g/mol. The molecule has 0 aromatic rings. The van der Waals surface area contributed by atoms with Crippen LogP contribution in [0.1, 0.15) is 20.8 Å². The lowest BCUT2D eigenvalue weighted by Crippen LogP contribution is -2.45. The van der Waals surface area contributed by atoms with Crippen molar-refractivity contribution in [3.63, 3.8) is 0 Å². The highest BCUT2D eigenvalue weighted by Gasteiger charge is 2.40. The van der Waals surface area contributed by atoms with E-state index in [1.165, 1.54) is 5.71 Å². The van der Waals surface area contributed by atoms with Crippen LogP contribution in [0.3, 0.4) is 0 Å². The van der Waals surface area contributed by atoms with Gasteiger partial charge in [0.05, 0.1) is 11.6 Å². The number of rotatable bonds is 0. The van der Waals surface area contributed by atoms with Crippen molar-refractivity contribution in [2.24, 2.45) is 16.3 Å². The van der Waals surface area contributed by atoms with Gasteiger partial charge >= 0.3 is 0 Å². The van der Waals surface area contributed by atoms with E-state index in [1.54, 1.807) is 0 Å². The molecule has 0 fully saturated rings. The Labute approximate surface area is 85.2 Å². The summed E-state index contributed by atoms with van der Waals surface area (Å²) in [5.41, 5.74) is 4.79. The first-order valence-electron chi connectivity index (χ1n) is 5.07. The molecule has 0 aliphatic carbocycles. The second-order valence-corrected chi connectivity index (χ2v) is 5.05. The van der Waals surface area contributed by atoms with Gasteiger partial charge in [-0.15, -0.1) is 4.68 Å². The number of aliphatic imine (C=N–C) groups is 1. The van der Waals surface area contributed by atoms with Gasteiger partial charge in [0, 0.05) is 11.6 Å². The van der Waals surface area contributed by atoms with E-state index in [0.717, 1.165) is 0 Å². The Kier molecular flexibility index (Phi) is 1.98. The van der Waals surface area contributed by atoms with Crippen LogP contribution in [0.2, 0.25) is 0 Å². The van der Waals surface area contributed by atoms with Crippen LogP contribution in [0.25, 0.3) is 0 Å². The van der Waals surface area contributed by atoms with E-state index in [0.29, 0.717) is 12.0 Å². The Balaban J connectivity index is 2.30. The van der Waals surface area contributed by atoms with Crippen LogP contribution < -0.4 is 5.43 Å². The van der Waals surface area contributed by atoms with Crippen LogP contribution in [0.15, 0.2) is 17.3 Å². The van der Waals surface area contributed by atoms with Crippen molar-refractivity contribution < 1.29 is 4.68 Å². The molecule has 2 unspecified atom stereocenters. The van der Waals surface area contributed by atoms with E-state index in [-0.39, 0.29) is 5.41 Å². The van der Waals surface area contributed by atoms with Gasteiger partial charge < -0.3 is 0 Å². The largest absolute Gasteiger partial charge is 0.263 e. The summed E-state index contributed by atoms with van der Waals surface area (Å²) in [7, 11) is 2.03. The molecule has 1 N–H and O–H groups in total. The highest BCUT2D eigenvalue weighted by molar-refractivity contribution is 5.98. The molecule has 0 saturated heterocycles. The predicted octanol–water partition coefficient (Wildman–Crippen LogP) is 1.22. The minimum atomic E-state index is 0.139. The quantitative estimate of drug-likeness (QED) is 0.574. The predicted molar refractivity (Wildman–Crippen MR) is 58.7 cm³/mol. The molecule has 2 rings (SSSR count).